The van der Waals surface area contributed by atoms with Gasteiger partial charge in [0.1, 0.15) is 15.9 Å². The molecule has 1 aliphatic rings. The maximum absolute atomic E-state index is 10.7. The van der Waals surface area contributed by atoms with Gasteiger partial charge in [0.2, 0.25) is 0 Å². The average molecular weight is 247 g/mol. The number of pyridine rings is 1. The lowest BCUT2D eigenvalue weighted by Crippen LogP contribution is -2.22. The molecule has 2 N–H and O–H groups in total. The molecule has 1 fully saturated rings. The molecule has 0 aromatic carbocycles. The molecule has 0 radical (unpaired) electrons. The third-order valence-corrected chi connectivity index (χ3v) is 2.68. The first-order valence-electron chi connectivity index (χ1n) is 4.34. The van der Waals surface area contributed by atoms with Crippen LogP contribution in [-0.4, -0.2) is 11.1 Å². The van der Waals surface area contributed by atoms with E-state index in [0.717, 1.165) is 18.4 Å². The second-order valence-corrected chi connectivity index (χ2v) is 4.19. The molecule has 1 aromatic heterocycles. The molecule has 1 aliphatic carbocycles. The van der Waals surface area contributed by atoms with E-state index in [2.05, 4.69) is 4.98 Å². The molecule has 2 rings (SSSR count). The highest BCUT2D eigenvalue weighted by atomic mass is 35.5. The predicted octanol–water partition coefficient (Wildman–Crippen LogP) is 2.47. The van der Waals surface area contributed by atoms with Gasteiger partial charge < -0.3 is 10.5 Å². The number of amides is 1. The zero-order valence-corrected chi connectivity index (χ0v) is 9.18. The van der Waals surface area contributed by atoms with Gasteiger partial charge >= 0.3 is 6.09 Å². The highest BCUT2D eigenvalue weighted by Gasteiger charge is 2.48. The topological polar surface area (TPSA) is 65.2 Å². The Labute approximate surface area is 96.3 Å². The molecule has 4 nitrogen and oxygen atoms in total. The van der Waals surface area contributed by atoms with Crippen molar-refractivity contribution in [1.82, 2.24) is 4.98 Å². The molecule has 0 aliphatic heterocycles. The number of rotatable bonds is 2. The minimum atomic E-state index is -0.795. The molecule has 80 valence electrons. The first kappa shape index (κ1) is 10.5. The third kappa shape index (κ3) is 2.16. The standard InChI is InChI=1S/C9H8Cl2N2O2/c10-6-3-5(4-7(11)13-6)9(1-2-9)15-8(12)14/h3-4H,1-2H2,(H2,12,14). The van der Waals surface area contributed by atoms with Gasteiger partial charge in [0.25, 0.3) is 0 Å². The lowest BCUT2D eigenvalue weighted by Gasteiger charge is -2.15. The van der Waals surface area contributed by atoms with E-state index in [1.165, 1.54) is 0 Å². The van der Waals surface area contributed by atoms with E-state index in [1.807, 2.05) is 0 Å². The summed E-state index contributed by atoms with van der Waals surface area (Å²) in [7, 11) is 0. The van der Waals surface area contributed by atoms with Crippen LogP contribution in [0.5, 0.6) is 0 Å². The fourth-order valence-electron chi connectivity index (χ4n) is 1.48. The van der Waals surface area contributed by atoms with Crippen LogP contribution < -0.4 is 5.73 Å². The summed E-state index contributed by atoms with van der Waals surface area (Å²) in [6, 6.07) is 3.26. The van der Waals surface area contributed by atoms with Crippen molar-refractivity contribution in [2.24, 2.45) is 5.73 Å². The second kappa shape index (κ2) is 3.54. The van der Waals surface area contributed by atoms with Crippen molar-refractivity contribution in [2.45, 2.75) is 18.4 Å². The van der Waals surface area contributed by atoms with Gasteiger partial charge in [-0.15, -0.1) is 0 Å². The van der Waals surface area contributed by atoms with Crippen LogP contribution in [0.2, 0.25) is 10.3 Å². The van der Waals surface area contributed by atoms with Crippen molar-refractivity contribution >= 4 is 29.3 Å². The largest absolute Gasteiger partial charge is 0.438 e. The van der Waals surface area contributed by atoms with Crippen LogP contribution in [0.3, 0.4) is 0 Å². The number of primary amides is 1. The fourth-order valence-corrected chi connectivity index (χ4v) is 1.94. The van der Waals surface area contributed by atoms with E-state index in [0.29, 0.717) is 0 Å². The van der Waals surface area contributed by atoms with Crippen molar-refractivity contribution in [1.29, 1.82) is 0 Å². The molecule has 1 aromatic rings. The molecule has 0 unspecified atom stereocenters. The SMILES string of the molecule is NC(=O)OC1(c2cc(Cl)nc(Cl)c2)CC1. The highest BCUT2D eigenvalue weighted by Crippen LogP contribution is 2.49. The minimum Gasteiger partial charge on any atom is -0.438 e. The van der Waals surface area contributed by atoms with Crippen molar-refractivity contribution < 1.29 is 9.53 Å². The summed E-state index contributed by atoms with van der Waals surface area (Å²) in [5.41, 5.74) is 5.09. The van der Waals surface area contributed by atoms with E-state index >= 15 is 0 Å². The van der Waals surface area contributed by atoms with E-state index < -0.39 is 11.7 Å². The van der Waals surface area contributed by atoms with Gasteiger partial charge in [-0.2, -0.15) is 0 Å². The van der Waals surface area contributed by atoms with Crippen LogP contribution in [-0.2, 0) is 10.3 Å². The third-order valence-electron chi connectivity index (χ3n) is 2.29. The minimum absolute atomic E-state index is 0.275. The maximum atomic E-state index is 10.7. The average Bonchev–Trinajstić information content (AvgIpc) is 2.82. The summed E-state index contributed by atoms with van der Waals surface area (Å²) in [6.45, 7) is 0. The Morgan fingerprint density at radius 2 is 1.93 bits per heavy atom. The summed E-state index contributed by atoms with van der Waals surface area (Å²) in [5.74, 6) is 0. The van der Waals surface area contributed by atoms with Crippen LogP contribution in [0.15, 0.2) is 12.1 Å². The molecule has 6 heteroatoms. The van der Waals surface area contributed by atoms with Gasteiger partial charge in [0.05, 0.1) is 0 Å². The first-order valence-corrected chi connectivity index (χ1v) is 5.09. The lowest BCUT2D eigenvalue weighted by atomic mass is 10.1. The van der Waals surface area contributed by atoms with Gasteiger partial charge in [-0.25, -0.2) is 9.78 Å². The molecule has 1 amide bonds. The maximum Gasteiger partial charge on any atom is 0.405 e. The Hall–Kier alpha value is -1.00. The number of ether oxygens (including phenoxy) is 1. The monoisotopic (exact) mass is 246 g/mol. The van der Waals surface area contributed by atoms with Gasteiger partial charge in [-0.05, 0) is 25.0 Å². The second-order valence-electron chi connectivity index (χ2n) is 3.42. The Balaban J connectivity index is 2.32. The zero-order chi connectivity index (χ0) is 11.1. The summed E-state index contributed by atoms with van der Waals surface area (Å²) >= 11 is 11.5. The van der Waals surface area contributed by atoms with Crippen molar-refractivity contribution in [3.8, 4) is 0 Å². The fraction of sp³-hybridized carbons (Fsp3) is 0.333. The van der Waals surface area contributed by atoms with Crippen LogP contribution in [0, 0.1) is 0 Å². The Morgan fingerprint density at radius 3 is 2.33 bits per heavy atom. The molecule has 1 heterocycles. The van der Waals surface area contributed by atoms with Crippen molar-refractivity contribution in [3.05, 3.63) is 28.0 Å². The molecule has 0 spiro atoms. The van der Waals surface area contributed by atoms with Gasteiger partial charge in [0, 0.05) is 5.56 Å². The molecular weight excluding hydrogens is 239 g/mol. The number of nitrogens with two attached hydrogens (primary N) is 1. The van der Waals surface area contributed by atoms with Gasteiger partial charge in [0.15, 0.2) is 0 Å². The summed E-state index contributed by atoms with van der Waals surface area (Å²) in [5, 5.41) is 0.550. The van der Waals surface area contributed by atoms with Crippen LogP contribution in [0.1, 0.15) is 18.4 Å². The normalized spacial score (nSPS) is 17.2. The Morgan fingerprint density at radius 1 is 1.40 bits per heavy atom. The lowest BCUT2D eigenvalue weighted by molar-refractivity contribution is 0.0899. The Bertz CT molecular complexity index is 398. The quantitative estimate of drug-likeness (QED) is 0.816. The zero-order valence-electron chi connectivity index (χ0n) is 7.67. The van der Waals surface area contributed by atoms with Gasteiger partial charge in [-0.1, -0.05) is 23.2 Å². The summed E-state index contributed by atoms with van der Waals surface area (Å²) in [4.78, 5) is 14.5. The van der Waals surface area contributed by atoms with E-state index in [1.54, 1.807) is 12.1 Å². The van der Waals surface area contributed by atoms with Crippen molar-refractivity contribution in [2.75, 3.05) is 0 Å². The molecular formula is C9H8Cl2N2O2. The molecule has 15 heavy (non-hydrogen) atoms. The number of halogens is 2. The molecule has 0 bridgehead atoms. The predicted molar refractivity (Wildman–Crippen MR) is 55.8 cm³/mol. The van der Waals surface area contributed by atoms with Gasteiger partial charge in [-0.3, -0.25) is 0 Å². The van der Waals surface area contributed by atoms with Crippen LogP contribution in [0.4, 0.5) is 4.79 Å². The van der Waals surface area contributed by atoms with E-state index in [-0.39, 0.29) is 10.3 Å². The summed E-state index contributed by atoms with van der Waals surface area (Å²) in [6.07, 6.45) is 0.663. The number of hydrogen-bond donors (Lipinski definition) is 1. The number of aromatic nitrogens is 1. The first-order chi connectivity index (χ1) is 7.02. The number of nitrogens with zero attached hydrogens (tertiary/aromatic N) is 1. The number of carbonyl (C=O) groups is 1. The molecule has 1 saturated carbocycles. The molecule has 0 saturated heterocycles. The Kier molecular flexibility index (Phi) is 2.48. The summed E-state index contributed by atoms with van der Waals surface area (Å²) < 4.78 is 5.04. The van der Waals surface area contributed by atoms with Crippen molar-refractivity contribution in [3.63, 3.8) is 0 Å². The van der Waals surface area contributed by atoms with E-state index in [9.17, 15) is 4.79 Å². The van der Waals surface area contributed by atoms with E-state index in [4.69, 9.17) is 33.7 Å². The smallest absolute Gasteiger partial charge is 0.405 e. The number of carbonyl (C=O) groups excluding carboxylic acids is 1. The van der Waals surface area contributed by atoms with Crippen LogP contribution >= 0.6 is 23.2 Å². The van der Waals surface area contributed by atoms with Crippen LogP contribution in [0.25, 0.3) is 0 Å². The molecule has 0 atom stereocenters. The highest BCUT2D eigenvalue weighted by molar-refractivity contribution is 6.32. The number of hydrogen-bond acceptors (Lipinski definition) is 3.